The number of piperazine rings is 1. The first-order valence-corrected chi connectivity index (χ1v) is 10.7. The first-order valence-electron chi connectivity index (χ1n) is 9.27. The summed E-state index contributed by atoms with van der Waals surface area (Å²) >= 11 is 0. The van der Waals surface area contributed by atoms with Crippen LogP contribution in [0, 0.1) is 0 Å². The molecule has 1 saturated heterocycles. The van der Waals surface area contributed by atoms with Crippen LogP contribution in [0.3, 0.4) is 0 Å². The van der Waals surface area contributed by atoms with E-state index in [0.29, 0.717) is 43.5 Å². The lowest BCUT2D eigenvalue weighted by molar-refractivity contribution is 0.179. The number of hydrogen-bond donors (Lipinski definition) is 0. The number of fused-ring (bicyclic) bond motifs is 1. The fraction of sp³-hybridized carbons (Fsp3) is 0.474. The van der Waals surface area contributed by atoms with Crippen LogP contribution >= 0.6 is 0 Å². The molecule has 0 unspecified atom stereocenters. The lowest BCUT2D eigenvalue weighted by Gasteiger charge is -2.33. The Morgan fingerprint density at radius 1 is 1.00 bits per heavy atom. The van der Waals surface area contributed by atoms with Gasteiger partial charge in [-0.1, -0.05) is 6.07 Å². The van der Waals surface area contributed by atoms with Gasteiger partial charge in [0.05, 0.1) is 17.7 Å². The van der Waals surface area contributed by atoms with Gasteiger partial charge in [0, 0.05) is 38.8 Å². The average Bonchev–Trinajstić information content (AvgIpc) is 3.17. The molecule has 1 fully saturated rings. The summed E-state index contributed by atoms with van der Waals surface area (Å²) in [7, 11) is -1.87. The fourth-order valence-corrected chi connectivity index (χ4v) is 5.23. The molecule has 27 heavy (non-hydrogen) atoms. The highest BCUT2D eigenvalue weighted by Crippen LogP contribution is 2.26. The molecule has 4 rings (SSSR count). The third-order valence-corrected chi connectivity index (χ3v) is 7.22. The third kappa shape index (κ3) is 3.83. The standard InChI is InChI=1S/C19H24N4O3S/c1-26-19-8-6-17(20-21-19)14-22-9-11-23(12-10-22)27(24,25)18-7-5-15-3-2-4-16(15)13-18/h5-8,13H,2-4,9-12,14H2,1H3. The molecule has 2 heterocycles. The monoisotopic (exact) mass is 388 g/mol. The fourth-order valence-electron chi connectivity index (χ4n) is 3.76. The van der Waals surface area contributed by atoms with Crippen LogP contribution in [0.1, 0.15) is 23.2 Å². The maximum atomic E-state index is 13.0. The molecule has 0 radical (unpaired) electrons. The highest BCUT2D eigenvalue weighted by molar-refractivity contribution is 7.89. The zero-order valence-electron chi connectivity index (χ0n) is 15.5. The van der Waals surface area contributed by atoms with Crippen LogP contribution in [-0.2, 0) is 29.4 Å². The van der Waals surface area contributed by atoms with Gasteiger partial charge < -0.3 is 4.74 Å². The van der Waals surface area contributed by atoms with Crippen LogP contribution in [0.4, 0.5) is 0 Å². The smallest absolute Gasteiger partial charge is 0.243 e. The minimum Gasteiger partial charge on any atom is -0.480 e. The second-order valence-corrected chi connectivity index (χ2v) is 8.97. The van der Waals surface area contributed by atoms with Crippen LogP contribution in [0.15, 0.2) is 35.2 Å². The lowest BCUT2D eigenvalue weighted by atomic mass is 10.1. The summed E-state index contributed by atoms with van der Waals surface area (Å²) in [6, 6.07) is 9.29. The molecular weight excluding hydrogens is 364 g/mol. The van der Waals surface area contributed by atoms with Crippen molar-refractivity contribution in [2.24, 2.45) is 0 Å². The van der Waals surface area contributed by atoms with Gasteiger partial charge in [0.15, 0.2) is 0 Å². The van der Waals surface area contributed by atoms with Crippen molar-refractivity contribution in [3.05, 3.63) is 47.2 Å². The summed E-state index contributed by atoms with van der Waals surface area (Å²) in [5, 5.41) is 8.12. The quantitative estimate of drug-likeness (QED) is 0.772. The van der Waals surface area contributed by atoms with E-state index in [4.69, 9.17) is 4.74 Å². The molecule has 1 aliphatic heterocycles. The Hall–Kier alpha value is -2.03. The zero-order chi connectivity index (χ0) is 18.9. The molecular formula is C19H24N4O3S. The van der Waals surface area contributed by atoms with E-state index in [1.165, 1.54) is 11.1 Å². The summed E-state index contributed by atoms with van der Waals surface area (Å²) in [4.78, 5) is 2.63. The second-order valence-electron chi connectivity index (χ2n) is 7.03. The predicted molar refractivity (Wildman–Crippen MR) is 101 cm³/mol. The first kappa shape index (κ1) is 18.3. The highest BCUT2D eigenvalue weighted by atomic mass is 32.2. The number of benzene rings is 1. The van der Waals surface area contributed by atoms with Gasteiger partial charge in [0.1, 0.15) is 0 Å². The largest absolute Gasteiger partial charge is 0.480 e. The van der Waals surface area contributed by atoms with E-state index >= 15 is 0 Å². The number of aryl methyl sites for hydroxylation is 2. The van der Waals surface area contributed by atoms with Crippen LogP contribution in [0.5, 0.6) is 5.88 Å². The Labute approximate surface area is 160 Å². The van der Waals surface area contributed by atoms with E-state index in [1.54, 1.807) is 23.5 Å². The number of nitrogens with zero attached hydrogens (tertiary/aromatic N) is 4. The highest BCUT2D eigenvalue weighted by Gasteiger charge is 2.29. The maximum absolute atomic E-state index is 13.0. The minimum absolute atomic E-state index is 0.428. The Morgan fingerprint density at radius 2 is 1.78 bits per heavy atom. The van der Waals surface area contributed by atoms with Gasteiger partial charge in [0.2, 0.25) is 15.9 Å². The van der Waals surface area contributed by atoms with Crippen LogP contribution < -0.4 is 4.74 Å². The summed E-state index contributed by atoms with van der Waals surface area (Å²) in [6.07, 6.45) is 3.16. The van der Waals surface area contributed by atoms with Gasteiger partial charge in [-0.15, -0.1) is 5.10 Å². The molecule has 0 saturated carbocycles. The molecule has 2 aliphatic rings. The van der Waals surface area contributed by atoms with E-state index < -0.39 is 10.0 Å². The van der Waals surface area contributed by atoms with E-state index in [9.17, 15) is 8.42 Å². The molecule has 0 spiro atoms. The number of methoxy groups -OCH3 is 1. The number of rotatable bonds is 5. The van der Waals surface area contributed by atoms with E-state index in [-0.39, 0.29) is 0 Å². The first-order chi connectivity index (χ1) is 13.1. The molecule has 1 aromatic heterocycles. The second kappa shape index (κ2) is 7.53. The molecule has 0 N–H and O–H groups in total. The number of ether oxygens (including phenoxy) is 1. The minimum atomic E-state index is -3.43. The molecule has 1 aromatic carbocycles. The van der Waals surface area contributed by atoms with Crippen molar-refractivity contribution in [3.8, 4) is 5.88 Å². The van der Waals surface area contributed by atoms with Crippen LogP contribution in [0.25, 0.3) is 0 Å². The lowest BCUT2D eigenvalue weighted by Crippen LogP contribution is -2.48. The summed E-state index contributed by atoms with van der Waals surface area (Å²) in [5.74, 6) is 0.490. The number of hydrogen-bond acceptors (Lipinski definition) is 6. The number of sulfonamides is 1. The third-order valence-electron chi connectivity index (χ3n) is 5.33. The van der Waals surface area contributed by atoms with Gasteiger partial charge in [-0.05, 0) is 48.6 Å². The molecule has 0 amide bonds. The molecule has 0 bridgehead atoms. The van der Waals surface area contributed by atoms with E-state index in [0.717, 1.165) is 25.0 Å². The zero-order valence-corrected chi connectivity index (χ0v) is 16.3. The summed E-state index contributed by atoms with van der Waals surface area (Å²) in [5.41, 5.74) is 3.33. The molecule has 1 aliphatic carbocycles. The normalized spacial score (nSPS) is 18.4. The van der Waals surface area contributed by atoms with Crippen molar-refractivity contribution in [3.63, 3.8) is 0 Å². The Balaban J connectivity index is 1.39. The summed E-state index contributed by atoms with van der Waals surface area (Å²) < 4.78 is 32.6. The number of aromatic nitrogens is 2. The van der Waals surface area contributed by atoms with E-state index in [2.05, 4.69) is 15.1 Å². The van der Waals surface area contributed by atoms with Gasteiger partial charge in [0.25, 0.3) is 0 Å². The van der Waals surface area contributed by atoms with Gasteiger partial charge in [-0.2, -0.15) is 9.40 Å². The SMILES string of the molecule is COc1ccc(CN2CCN(S(=O)(=O)c3ccc4c(c3)CCC4)CC2)nn1. The van der Waals surface area contributed by atoms with Crippen molar-refractivity contribution >= 4 is 10.0 Å². The van der Waals surface area contributed by atoms with Gasteiger partial charge >= 0.3 is 0 Å². The van der Waals surface area contributed by atoms with Crippen molar-refractivity contribution in [1.29, 1.82) is 0 Å². The van der Waals surface area contributed by atoms with Crippen LogP contribution in [0.2, 0.25) is 0 Å². The Kier molecular flexibility index (Phi) is 5.12. The summed E-state index contributed by atoms with van der Waals surface area (Å²) in [6.45, 7) is 2.99. The molecule has 144 valence electrons. The topological polar surface area (TPSA) is 75.6 Å². The molecule has 7 nitrogen and oxygen atoms in total. The molecule has 2 aromatic rings. The predicted octanol–water partition coefficient (Wildman–Crippen LogP) is 1.48. The van der Waals surface area contributed by atoms with Crippen LogP contribution in [-0.4, -0.2) is 61.1 Å². The maximum Gasteiger partial charge on any atom is 0.243 e. The Bertz CT molecular complexity index is 907. The van der Waals surface area contributed by atoms with Crippen molar-refractivity contribution < 1.29 is 13.2 Å². The molecule has 0 atom stereocenters. The van der Waals surface area contributed by atoms with Crippen molar-refractivity contribution in [2.45, 2.75) is 30.7 Å². The average molecular weight is 388 g/mol. The van der Waals surface area contributed by atoms with Crippen molar-refractivity contribution in [1.82, 2.24) is 19.4 Å². The van der Waals surface area contributed by atoms with Gasteiger partial charge in [-0.25, -0.2) is 8.42 Å². The van der Waals surface area contributed by atoms with E-state index in [1.807, 2.05) is 18.2 Å². The van der Waals surface area contributed by atoms with Crippen molar-refractivity contribution in [2.75, 3.05) is 33.3 Å². The molecule has 8 heteroatoms. The van der Waals surface area contributed by atoms with Gasteiger partial charge in [-0.3, -0.25) is 4.90 Å². The Morgan fingerprint density at radius 3 is 2.48 bits per heavy atom.